The van der Waals surface area contributed by atoms with Crippen LogP contribution in [-0.4, -0.2) is 37.9 Å². The Balaban J connectivity index is 0.000000601. The maximum Gasteiger partial charge on any atom is 0.503 e. The van der Waals surface area contributed by atoms with E-state index in [2.05, 4.69) is 26.2 Å². The molecule has 4 N–H and O–H groups in total. The Kier molecular flexibility index (Phi) is 6.56. The van der Waals surface area contributed by atoms with Gasteiger partial charge < -0.3 is 20.6 Å². The summed E-state index contributed by atoms with van der Waals surface area (Å²) in [5.41, 5.74) is 2.11. The van der Waals surface area contributed by atoms with Gasteiger partial charge in [0.05, 0.1) is 11.1 Å². The number of hydrogen-bond donors (Lipinski definition) is 4. The van der Waals surface area contributed by atoms with E-state index in [1.807, 2.05) is 48.5 Å². The molecule has 0 saturated heterocycles. The summed E-state index contributed by atoms with van der Waals surface area (Å²) in [6.07, 6.45) is 4.81. The number of fused-ring (bicyclic) bond motifs is 4. The van der Waals surface area contributed by atoms with Gasteiger partial charge >= 0.3 is 6.16 Å². The van der Waals surface area contributed by atoms with Crippen LogP contribution in [0.15, 0.2) is 53.0 Å². The Morgan fingerprint density at radius 2 is 1.61 bits per heavy atom. The van der Waals surface area contributed by atoms with E-state index in [0.717, 1.165) is 35.2 Å². The molecule has 1 heterocycles. The third-order valence-corrected chi connectivity index (χ3v) is 7.16. The van der Waals surface area contributed by atoms with Crippen molar-refractivity contribution in [3.63, 3.8) is 0 Å². The average Bonchev–Trinajstić information content (AvgIpc) is 2.79. The normalized spacial score (nSPS) is 21.2. The molecule has 7 nitrogen and oxygen atoms in total. The zero-order valence-corrected chi connectivity index (χ0v) is 19.5. The van der Waals surface area contributed by atoms with Gasteiger partial charge in [-0.2, -0.15) is 0 Å². The first-order chi connectivity index (χ1) is 15.8. The lowest BCUT2D eigenvalue weighted by Gasteiger charge is -2.47. The van der Waals surface area contributed by atoms with E-state index >= 15 is 0 Å². The number of rotatable bonds is 3. The van der Waals surface area contributed by atoms with Crippen molar-refractivity contribution in [2.75, 3.05) is 0 Å². The molecule has 1 aromatic heterocycles. The van der Waals surface area contributed by atoms with Crippen molar-refractivity contribution in [3.05, 3.63) is 58.6 Å². The highest BCUT2D eigenvalue weighted by atomic mass is 79.9. The quantitative estimate of drug-likeness (QED) is 0.339. The third-order valence-electron chi connectivity index (χ3n) is 6.67. The number of carbonyl (C=O) groups excluding carboxylic acids is 1. The van der Waals surface area contributed by atoms with E-state index in [9.17, 15) is 9.90 Å². The monoisotopic (exact) mass is 512 g/mol. The summed E-state index contributed by atoms with van der Waals surface area (Å²) in [5, 5.41) is 29.1. The highest BCUT2D eigenvalue weighted by molar-refractivity contribution is 9.10. The number of benzene rings is 2. The fraction of sp³-hybridized carbons (Fsp3) is 0.320. The molecule has 3 aliphatic rings. The van der Waals surface area contributed by atoms with Gasteiger partial charge in [0, 0.05) is 21.0 Å². The smallest absolute Gasteiger partial charge is 0.503 e. The van der Waals surface area contributed by atoms with Crippen LogP contribution in [0.1, 0.15) is 48.9 Å². The molecule has 33 heavy (non-hydrogen) atoms. The van der Waals surface area contributed by atoms with E-state index in [1.54, 1.807) is 0 Å². The van der Waals surface area contributed by atoms with Crippen molar-refractivity contribution in [2.45, 2.75) is 44.1 Å². The number of halogens is 1. The Morgan fingerprint density at radius 3 is 2.21 bits per heavy atom. The summed E-state index contributed by atoms with van der Waals surface area (Å²) in [6, 6.07) is 15.2. The molecule has 3 saturated carbocycles. The molecule has 3 aromatic rings. The van der Waals surface area contributed by atoms with Crippen molar-refractivity contribution < 1.29 is 24.9 Å². The number of amides is 1. The number of nitrogens with one attached hydrogen (secondary N) is 1. The maximum absolute atomic E-state index is 13.5. The molecule has 0 unspecified atom stereocenters. The first-order valence-electron chi connectivity index (χ1n) is 10.9. The van der Waals surface area contributed by atoms with E-state index < -0.39 is 6.16 Å². The molecule has 0 atom stereocenters. The molecule has 172 valence electrons. The van der Waals surface area contributed by atoms with E-state index in [4.69, 9.17) is 15.0 Å². The summed E-state index contributed by atoms with van der Waals surface area (Å²) >= 11 is 3.49. The number of carboxylic acid groups (broad SMARTS) is 2. The predicted molar refractivity (Wildman–Crippen MR) is 129 cm³/mol. The van der Waals surface area contributed by atoms with Crippen LogP contribution < -0.4 is 5.32 Å². The number of aromatic nitrogens is 1. The molecular weight excluding hydrogens is 488 g/mol. The van der Waals surface area contributed by atoms with Crippen LogP contribution in [0.25, 0.3) is 22.2 Å². The topological polar surface area (TPSA) is 120 Å². The van der Waals surface area contributed by atoms with Crippen molar-refractivity contribution in [2.24, 2.45) is 5.92 Å². The molecule has 6 rings (SSSR count). The van der Waals surface area contributed by atoms with Gasteiger partial charge in [-0.05, 0) is 62.6 Å². The molecule has 0 aliphatic heterocycles. The van der Waals surface area contributed by atoms with Crippen LogP contribution in [0.3, 0.4) is 0 Å². The third kappa shape index (κ3) is 4.95. The Hall–Kier alpha value is -3.13. The maximum atomic E-state index is 13.5. The second-order valence-corrected chi connectivity index (χ2v) is 9.63. The Bertz CT molecular complexity index is 1170. The van der Waals surface area contributed by atoms with Gasteiger partial charge in [-0.1, -0.05) is 46.3 Å². The molecular formula is C25H25BrN2O5. The van der Waals surface area contributed by atoms with Crippen LogP contribution in [0.2, 0.25) is 0 Å². The number of aromatic hydroxyl groups is 1. The first kappa shape index (κ1) is 23.0. The lowest BCUT2D eigenvalue weighted by molar-refractivity contribution is 0.0713. The zero-order valence-electron chi connectivity index (χ0n) is 17.9. The fourth-order valence-electron chi connectivity index (χ4n) is 4.99. The molecule has 1 amide bonds. The summed E-state index contributed by atoms with van der Waals surface area (Å²) in [6.45, 7) is 0. The van der Waals surface area contributed by atoms with Crippen molar-refractivity contribution >= 4 is 38.9 Å². The average molecular weight is 513 g/mol. The minimum Gasteiger partial charge on any atom is -0.505 e. The second kappa shape index (κ2) is 9.39. The first-order valence-corrected chi connectivity index (χ1v) is 11.7. The standard InChI is InChI=1S/C24H23BrN2O2.CH2O3/c25-17-6-7-19-18(14-17)20(22(28)21(26-19)16-4-2-1-3-5-16)23(29)27-24-11-8-15(9-12-24)10-13-24;2-1(3)4/h1-7,14-15,28H,8-13H2,(H,27,29);(H2,2,3,4). The number of pyridine rings is 1. The van der Waals surface area contributed by atoms with Crippen LogP contribution in [0.5, 0.6) is 5.75 Å². The zero-order chi connectivity index (χ0) is 23.6. The second-order valence-electron chi connectivity index (χ2n) is 8.71. The van der Waals surface area contributed by atoms with Gasteiger partial charge in [-0.15, -0.1) is 0 Å². The van der Waals surface area contributed by atoms with E-state index in [1.165, 1.54) is 19.3 Å². The Labute approximate surface area is 199 Å². The SMILES string of the molecule is O=C(NC12CCC(CC1)CC2)c1c(O)c(-c2ccccc2)nc2ccc(Br)cc12.O=C(O)O. The van der Waals surface area contributed by atoms with Gasteiger partial charge in [-0.25, -0.2) is 9.78 Å². The summed E-state index contributed by atoms with van der Waals surface area (Å²) in [7, 11) is 0. The van der Waals surface area contributed by atoms with Crippen molar-refractivity contribution in [1.29, 1.82) is 0 Å². The Morgan fingerprint density at radius 1 is 1.00 bits per heavy atom. The van der Waals surface area contributed by atoms with Crippen LogP contribution in [-0.2, 0) is 0 Å². The lowest BCUT2D eigenvalue weighted by atomic mass is 9.66. The van der Waals surface area contributed by atoms with Gasteiger partial charge in [0.15, 0.2) is 5.75 Å². The number of carbonyl (C=O) groups is 2. The minimum absolute atomic E-state index is 0.0554. The van der Waals surface area contributed by atoms with Gasteiger partial charge in [0.1, 0.15) is 5.69 Å². The molecule has 2 aromatic carbocycles. The van der Waals surface area contributed by atoms with Crippen LogP contribution in [0.4, 0.5) is 4.79 Å². The highest BCUT2D eigenvalue weighted by Crippen LogP contribution is 2.45. The largest absolute Gasteiger partial charge is 0.505 e. The predicted octanol–water partition coefficient (Wildman–Crippen LogP) is 6.04. The van der Waals surface area contributed by atoms with Gasteiger partial charge in [0.2, 0.25) is 0 Å². The van der Waals surface area contributed by atoms with Crippen molar-refractivity contribution in [1.82, 2.24) is 10.3 Å². The molecule has 0 spiro atoms. The molecule has 8 heteroatoms. The van der Waals surface area contributed by atoms with E-state index in [-0.39, 0.29) is 17.2 Å². The summed E-state index contributed by atoms with van der Waals surface area (Å²) < 4.78 is 0.851. The number of nitrogens with zero attached hydrogens (tertiary/aromatic N) is 1. The summed E-state index contributed by atoms with van der Waals surface area (Å²) in [5.74, 6) is 0.565. The number of hydrogen-bond acceptors (Lipinski definition) is 4. The molecule has 3 aliphatic carbocycles. The van der Waals surface area contributed by atoms with Gasteiger partial charge in [0.25, 0.3) is 5.91 Å². The molecule has 3 fully saturated rings. The van der Waals surface area contributed by atoms with Crippen LogP contribution >= 0.6 is 15.9 Å². The fourth-order valence-corrected chi connectivity index (χ4v) is 5.35. The minimum atomic E-state index is -1.83. The molecule has 2 bridgehead atoms. The van der Waals surface area contributed by atoms with Gasteiger partial charge in [-0.3, -0.25) is 4.79 Å². The van der Waals surface area contributed by atoms with E-state index in [0.29, 0.717) is 22.2 Å². The summed E-state index contributed by atoms with van der Waals surface area (Å²) in [4.78, 5) is 26.7. The van der Waals surface area contributed by atoms with Crippen molar-refractivity contribution in [3.8, 4) is 17.0 Å². The van der Waals surface area contributed by atoms with Crippen LogP contribution in [0, 0.1) is 5.92 Å². The molecule has 0 radical (unpaired) electrons. The highest BCUT2D eigenvalue weighted by Gasteiger charge is 2.42. The lowest BCUT2D eigenvalue weighted by Crippen LogP contribution is -2.53.